The highest BCUT2D eigenvalue weighted by atomic mass is 14.9. The Hall–Kier alpha value is -7.94. The van der Waals surface area contributed by atoms with Gasteiger partial charge in [0.25, 0.3) is 0 Å². The van der Waals surface area contributed by atoms with Gasteiger partial charge in [0.2, 0.25) is 0 Å². The number of rotatable bonds is 6. The third-order valence-electron chi connectivity index (χ3n) is 13.2. The van der Waals surface area contributed by atoms with Crippen molar-refractivity contribution in [2.24, 2.45) is 0 Å². The van der Waals surface area contributed by atoms with Crippen LogP contribution in [0.5, 0.6) is 0 Å². The van der Waals surface area contributed by atoms with E-state index in [9.17, 15) is 0 Å². The number of aromatic nitrogens is 2. The van der Waals surface area contributed by atoms with Gasteiger partial charge < -0.3 is 0 Å². The molecule has 2 heteroatoms. The Morgan fingerprint density at radius 1 is 0.306 bits per heavy atom. The molecular formula is C60H40N2. The van der Waals surface area contributed by atoms with Gasteiger partial charge in [-0.25, -0.2) is 9.97 Å². The molecular weight excluding hydrogens is 749 g/mol. The number of fused-ring (bicyclic) bond motifs is 6. The molecule has 0 saturated carbocycles. The van der Waals surface area contributed by atoms with Crippen molar-refractivity contribution in [3.63, 3.8) is 0 Å². The van der Waals surface area contributed by atoms with Crippen molar-refractivity contribution < 1.29 is 0 Å². The molecule has 12 rings (SSSR count). The molecule has 1 unspecified atom stereocenters. The maximum absolute atomic E-state index is 5.40. The van der Waals surface area contributed by atoms with Crippen molar-refractivity contribution in [1.29, 1.82) is 0 Å². The van der Waals surface area contributed by atoms with Crippen molar-refractivity contribution in [2.45, 2.75) is 12.3 Å². The van der Waals surface area contributed by atoms with Crippen LogP contribution in [-0.2, 0) is 5.41 Å². The van der Waals surface area contributed by atoms with Gasteiger partial charge in [0.05, 0.1) is 11.4 Å². The zero-order chi connectivity index (χ0) is 41.2. The zero-order valence-electron chi connectivity index (χ0n) is 34.3. The second kappa shape index (κ2) is 14.4. The van der Waals surface area contributed by atoms with Crippen LogP contribution in [0.1, 0.15) is 23.6 Å². The lowest BCUT2D eigenvalue weighted by Gasteiger charge is -2.28. The molecule has 1 heterocycles. The van der Waals surface area contributed by atoms with Crippen LogP contribution in [0.25, 0.3) is 99.6 Å². The van der Waals surface area contributed by atoms with E-state index in [1.54, 1.807) is 0 Å². The highest BCUT2D eigenvalue weighted by molar-refractivity contribution is 6.06. The summed E-state index contributed by atoms with van der Waals surface area (Å²) in [4.78, 5) is 10.7. The van der Waals surface area contributed by atoms with Crippen molar-refractivity contribution in [2.75, 3.05) is 0 Å². The van der Waals surface area contributed by atoms with E-state index >= 15 is 0 Å². The average molecular weight is 789 g/mol. The van der Waals surface area contributed by atoms with Crippen LogP contribution >= 0.6 is 0 Å². The minimum absolute atomic E-state index is 0.255. The van der Waals surface area contributed by atoms with E-state index in [2.05, 4.69) is 231 Å². The van der Waals surface area contributed by atoms with Crippen LogP contribution in [0.2, 0.25) is 0 Å². The smallest absolute Gasteiger partial charge is 0.161 e. The Morgan fingerprint density at radius 3 is 1.55 bits per heavy atom. The van der Waals surface area contributed by atoms with Crippen molar-refractivity contribution in [3.8, 4) is 67.3 Å². The SMILES string of the molecule is CC1(c2ccccc2)c2ccccc2-c2ccc(-c3cccc(-c4ccc(-c5cc(-c6cccc7ccccc67)nc(-c6cccc7ccccc67)n5)c5ccccc45)c3)cc21. The third kappa shape index (κ3) is 5.72. The van der Waals surface area contributed by atoms with E-state index in [-0.39, 0.29) is 5.41 Å². The number of benzene rings is 10. The lowest BCUT2D eigenvalue weighted by Crippen LogP contribution is -2.22. The fourth-order valence-corrected chi connectivity index (χ4v) is 10.1. The van der Waals surface area contributed by atoms with Crippen LogP contribution in [0.15, 0.2) is 224 Å². The van der Waals surface area contributed by atoms with Gasteiger partial charge in [-0.15, -0.1) is 0 Å². The van der Waals surface area contributed by atoms with Gasteiger partial charge in [0.15, 0.2) is 5.82 Å². The zero-order valence-corrected chi connectivity index (χ0v) is 34.3. The molecule has 0 saturated heterocycles. The van der Waals surface area contributed by atoms with E-state index in [4.69, 9.17) is 9.97 Å². The Kier molecular flexibility index (Phi) is 8.33. The third-order valence-corrected chi connectivity index (χ3v) is 13.2. The molecule has 0 radical (unpaired) electrons. The molecule has 1 aromatic heterocycles. The van der Waals surface area contributed by atoms with Crippen molar-refractivity contribution in [1.82, 2.24) is 9.97 Å². The molecule has 0 amide bonds. The number of hydrogen-bond donors (Lipinski definition) is 0. The normalized spacial score (nSPS) is 14.3. The number of hydrogen-bond acceptors (Lipinski definition) is 2. The van der Waals surface area contributed by atoms with Crippen molar-refractivity contribution >= 4 is 32.3 Å². The second-order valence-electron chi connectivity index (χ2n) is 16.6. The van der Waals surface area contributed by atoms with E-state index in [0.29, 0.717) is 5.82 Å². The molecule has 1 aliphatic carbocycles. The number of nitrogens with zero attached hydrogens (tertiary/aromatic N) is 2. The Balaban J connectivity index is 0.999. The Bertz CT molecular complexity index is 3440. The highest BCUT2D eigenvalue weighted by Crippen LogP contribution is 2.53. The fraction of sp³-hybridized carbons (Fsp3) is 0.0333. The lowest BCUT2D eigenvalue weighted by atomic mass is 9.74. The maximum Gasteiger partial charge on any atom is 0.161 e. The Morgan fingerprint density at radius 2 is 0.790 bits per heavy atom. The van der Waals surface area contributed by atoms with E-state index in [1.165, 1.54) is 66.2 Å². The minimum atomic E-state index is -0.255. The first-order chi connectivity index (χ1) is 30.6. The predicted octanol–water partition coefficient (Wildman–Crippen LogP) is 15.6. The van der Waals surface area contributed by atoms with Crippen LogP contribution in [0, 0.1) is 0 Å². The minimum Gasteiger partial charge on any atom is -0.228 e. The summed E-state index contributed by atoms with van der Waals surface area (Å²) in [6.07, 6.45) is 0. The van der Waals surface area contributed by atoms with Gasteiger partial charge in [-0.05, 0) is 108 Å². The quantitative estimate of drug-likeness (QED) is 0.168. The first kappa shape index (κ1) is 36.0. The molecule has 10 aromatic carbocycles. The second-order valence-corrected chi connectivity index (χ2v) is 16.6. The van der Waals surface area contributed by atoms with Gasteiger partial charge in [-0.2, -0.15) is 0 Å². The molecule has 62 heavy (non-hydrogen) atoms. The summed E-state index contributed by atoms with van der Waals surface area (Å²) < 4.78 is 0. The molecule has 0 N–H and O–H groups in total. The molecule has 0 spiro atoms. The van der Waals surface area contributed by atoms with E-state index < -0.39 is 0 Å². The molecule has 1 aliphatic rings. The summed E-state index contributed by atoms with van der Waals surface area (Å²) in [5, 5.41) is 6.98. The molecule has 1 atom stereocenters. The topological polar surface area (TPSA) is 25.8 Å². The summed E-state index contributed by atoms with van der Waals surface area (Å²) >= 11 is 0. The van der Waals surface area contributed by atoms with Crippen LogP contribution < -0.4 is 0 Å². The van der Waals surface area contributed by atoms with Crippen molar-refractivity contribution in [3.05, 3.63) is 241 Å². The first-order valence-electron chi connectivity index (χ1n) is 21.4. The largest absolute Gasteiger partial charge is 0.228 e. The lowest BCUT2D eigenvalue weighted by molar-refractivity contribution is 0.714. The van der Waals surface area contributed by atoms with E-state index in [1.807, 2.05) is 0 Å². The van der Waals surface area contributed by atoms with Gasteiger partial charge in [-0.3, -0.25) is 0 Å². The summed E-state index contributed by atoms with van der Waals surface area (Å²) in [5.41, 5.74) is 16.1. The molecule has 0 fully saturated rings. The summed E-state index contributed by atoms with van der Waals surface area (Å²) in [7, 11) is 0. The van der Waals surface area contributed by atoms with Crippen LogP contribution in [0.3, 0.4) is 0 Å². The van der Waals surface area contributed by atoms with Gasteiger partial charge in [-0.1, -0.05) is 206 Å². The maximum atomic E-state index is 5.40. The molecule has 11 aromatic rings. The molecule has 0 bridgehead atoms. The van der Waals surface area contributed by atoms with Gasteiger partial charge in [0, 0.05) is 22.1 Å². The Labute approximate surface area is 361 Å². The predicted molar refractivity (Wildman–Crippen MR) is 259 cm³/mol. The highest BCUT2D eigenvalue weighted by Gasteiger charge is 2.40. The van der Waals surface area contributed by atoms with Crippen LogP contribution in [-0.4, -0.2) is 9.97 Å². The average Bonchev–Trinajstić information content (AvgIpc) is 3.61. The van der Waals surface area contributed by atoms with Crippen LogP contribution in [0.4, 0.5) is 0 Å². The van der Waals surface area contributed by atoms with E-state index in [0.717, 1.165) is 44.2 Å². The summed E-state index contributed by atoms with van der Waals surface area (Å²) in [6, 6.07) is 81.3. The monoisotopic (exact) mass is 788 g/mol. The molecule has 2 nitrogen and oxygen atoms in total. The van der Waals surface area contributed by atoms with Gasteiger partial charge in [0.1, 0.15) is 0 Å². The molecule has 290 valence electrons. The molecule has 0 aliphatic heterocycles. The fourth-order valence-electron chi connectivity index (χ4n) is 10.1. The van der Waals surface area contributed by atoms with Gasteiger partial charge >= 0.3 is 0 Å². The summed E-state index contributed by atoms with van der Waals surface area (Å²) in [5.74, 6) is 0.712. The first-order valence-corrected chi connectivity index (χ1v) is 21.4. The summed E-state index contributed by atoms with van der Waals surface area (Å²) in [6.45, 7) is 2.38. The standard InChI is InChI=1S/C60H40N2/c1-60(44-22-3-2-4-23-44)55-31-12-11-28-50(55)51-33-32-42(37-56(51)60)41-20-13-21-43(36-41)47-34-35-53(49-27-10-9-26-48(47)49)58-38-57(52-29-14-18-39-16-5-7-24-45(39)52)61-59(62-58)54-30-15-19-40-17-6-8-25-46(40)54/h2-38H,1H3.